The Hall–Kier alpha value is -3.68. The lowest BCUT2D eigenvalue weighted by Crippen LogP contribution is -2.54. The van der Waals surface area contributed by atoms with Crippen molar-refractivity contribution in [3.63, 3.8) is 0 Å². The summed E-state index contributed by atoms with van der Waals surface area (Å²) in [7, 11) is 0. The van der Waals surface area contributed by atoms with Crippen LogP contribution in [0.1, 0.15) is 85.1 Å². The number of rotatable bonds is 18. The zero-order valence-electron chi connectivity index (χ0n) is 27.4. The number of aliphatic hydroxyl groups is 1. The lowest BCUT2D eigenvalue weighted by Gasteiger charge is -2.30. The molecule has 0 spiro atoms. The predicted octanol–water partition coefficient (Wildman–Crippen LogP) is 2.19. The van der Waals surface area contributed by atoms with Crippen molar-refractivity contribution in [1.82, 2.24) is 26.3 Å². The zero-order chi connectivity index (χ0) is 33.7. The van der Waals surface area contributed by atoms with E-state index in [4.69, 9.17) is 9.15 Å². The Morgan fingerprint density at radius 1 is 0.864 bits per heavy atom. The molecule has 4 amide bonds. The molecule has 1 rings (SSSR count). The molecule has 0 aliphatic rings. The average Bonchev–Trinajstić information content (AvgIpc) is 3.23. The predicted molar refractivity (Wildman–Crippen MR) is 161 cm³/mol. The summed E-state index contributed by atoms with van der Waals surface area (Å²) in [5.74, 6) is -2.68. The fourth-order valence-corrected chi connectivity index (χ4v) is 4.39. The first-order valence-corrected chi connectivity index (χ1v) is 15.1. The van der Waals surface area contributed by atoms with Crippen LogP contribution in [0, 0.1) is 37.5 Å². The Balaban J connectivity index is 2.91. The first kappa shape index (κ1) is 38.3. The van der Waals surface area contributed by atoms with E-state index in [1.54, 1.807) is 20.8 Å². The maximum atomic E-state index is 13.2. The second kappa shape index (κ2) is 18.2. The minimum atomic E-state index is -1.50. The van der Waals surface area contributed by atoms with Crippen molar-refractivity contribution in [2.24, 2.45) is 23.7 Å². The number of aromatic nitrogens is 1. The molecule has 0 radical (unpaired) electrons. The van der Waals surface area contributed by atoms with E-state index in [9.17, 15) is 34.2 Å². The van der Waals surface area contributed by atoms with Crippen molar-refractivity contribution in [3.8, 4) is 0 Å². The van der Waals surface area contributed by atoms with Gasteiger partial charge in [0, 0.05) is 19.4 Å². The van der Waals surface area contributed by atoms with Crippen LogP contribution in [-0.4, -0.2) is 75.8 Å². The Morgan fingerprint density at radius 3 is 2.00 bits per heavy atom. The number of hydrogen-bond donors (Lipinski definition) is 6. The lowest BCUT2D eigenvalue weighted by molar-refractivity contribution is -0.140. The van der Waals surface area contributed by atoms with E-state index in [1.165, 1.54) is 0 Å². The molecule has 0 saturated carbocycles. The van der Waals surface area contributed by atoms with Crippen LogP contribution in [0.4, 0.5) is 4.79 Å². The number of amides is 4. The molecule has 1 heterocycles. The SMILES string of the molecule is Cc1nc(COC(=O)NC(CC(=O)O)C(=O)NC(CC(C)C)C(O)CC(C)C(=O)NC(C(=O)NCC(C)C)C(C)C)c(C)o1. The minimum absolute atomic E-state index is 0.0130. The average molecular weight is 626 g/mol. The first-order valence-electron chi connectivity index (χ1n) is 15.1. The van der Waals surface area contributed by atoms with Gasteiger partial charge in [-0.15, -0.1) is 0 Å². The summed E-state index contributed by atoms with van der Waals surface area (Å²) in [5, 5.41) is 31.0. The van der Waals surface area contributed by atoms with Gasteiger partial charge in [0.1, 0.15) is 30.1 Å². The smallest absolute Gasteiger partial charge is 0.408 e. The van der Waals surface area contributed by atoms with E-state index in [1.807, 2.05) is 41.5 Å². The number of oxazole rings is 1. The highest BCUT2D eigenvalue weighted by Gasteiger charge is 2.32. The molecule has 0 aliphatic heterocycles. The van der Waals surface area contributed by atoms with E-state index in [0.717, 1.165) is 0 Å². The monoisotopic (exact) mass is 625 g/mol. The summed E-state index contributed by atoms with van der Waals surface area (Å²) >= 11 is 0. The molecule has 44 heavy (non-hydrogen) atoms. The van der Waals surface area contributed by atoms with Gasteiger partial charge in [0.15, 0.2) is 5.89 Å². The number of carboxylic acid groups (broad SMARTS) is 1. The number of aliphatic carboxylic acids is 1. The third kappa shape index (κ3) is 13.7. The number of aliphatic hydroxyl groups excluding tert-OH is 1. The van der Waals surface area contributed by atoms with Crippen molar-refractivity contribution in [2.75, 3.05) is 6.54 Å². The van der Waals surface area contributed by atoms with Crippen molar-refractivity contribution < 1.29 is 43.3 Å². The van der Waals surface area contributed by atoms with Crippen molar-refractivity contribution >= 4 is 29.8 Å². The largest absolute Gasteiger partial charge is 0.481 e. The Labute approximate surface area is 259 Å². The highest BCUT2D eigenvalue weighted by Crippen LogP contribution is 2.17. The van der Waals surface area contributed by atoms with E-state index >= 15 is 0 Å². The van der Waals surface area contributed by atoms with Crippen LogP contribution >= 0.6 is 0 Å². The third-order valence-corrected chi connectivity index (χ3v) is 6.82. The number of hydrogen-bond acceptors (Lipinski definition) is 9. The molecule has 0 fully saturated rings. The maximum absolute atomic E-state index is 13.2. The number of carboxylic acids is 1. The van der Waals surface area contributed by atoms with Gasteiger partial charge in [0.25, 0.3) is 0 Å². The molecule has 5 unspecified atom stereocenters. The summed E-state index contributed by atoms with van der Waals surface area (Å²) in [6, 6.07) is -3.12. The lowest BCUT2D eigenvalue weighted by atomic mass is 9.91. The molecular formula is C30H51N5O9. The molecule has 0 bridgehead atoms. The third-order valence-electron chi connectivity index (χ3n) is 6.82. The maximum Gasteiger partial charge on any atom is 0.408 e. The standard InChI is InChI=1S/C30H51N5O9/c1-15(2)10-21(24(36)11-18(7)27(39)35-26(17(5)6)29(41)31-13-16(3)4)33-28(40)22(12-25(37)38)34-30(42)43-14-23-19(8)44-20(9)32-23/h15-18,21-22,24,26,36H,10-14H2,1-9H3,(H,31,41)(H,33,40)(H,34,42)(H,35,39)(H,37,38). The van der Waals surface area contributed by atoms with Gasteiger partial charge in [0.2, 0.25) is 17.7 Å². The van der Waals surface area contributed by atoms with Crippen LogP contribution < -0.4 is 21.3 Å². The molecule has 6 N–H and O–H groups in total. The topological polar surface area (TPSA) is 209 Å². The quantitative estimate of drug-likeness (QED) is 0.140. The highest BCUT2D eigenvalue weighted by atomic mass is 16.5. The van der Waals surface area contributed by atoms with Crippen LogP contribution in [0.15, 0.2) is 4.42 Å². The van der Waals surface area contributed by atoms with E-state index in [2.05, 4.69) is 26.3 Å². The highest BCUT2D eigenvalue weighted by molar-refractivity contribution is 5.90. The molecule has 5 atom stereocenters. The summed E-state index contributed by atoms with van der Waals surface area (Å²) in [6.45, 7) is 16.4. The minimum Gasteiger partial charge on any atom is -0.481 e. The fourth-order valence-electron chi connectivity index (χ4n) is 4.39. The summed E-state index contributed by atoms with van der Waals surface area (Å²) in [6.07, 6.45) is -2.69. The molecule has 1 aromatic heterocycles. The second-order valence-electron chi connectivity index (χ2n) is 12.4. The number of alkyl carbamates (subject to hydrolysis) is 1. The molecular weight excluding hydrogens is 574 g/mol. The van der Waals surface area contributed by atoms with E-state index in [0.29, 0.717) is 30.3 Å². The molecule has 250 valence electrons. The molecule has 0 aliphatic carbocycles. The number of aryl methyl sites for hydroxylation is 2. The Bertz CT molecular complexity index is 1120. The number of ether oxygens (including phenoxy) is 1. The molecule has 1 aromatic rings. The first-order chi connectivity index (χ1) is 20.4. The normalized spacial score (nSPS) is 14.8. The molecule has 14 nitrogen and oxygen atoms in total. The van der Waals surface area contributed by atoms with Gasteiger partial charge in [0.05, 0.1) is 18.6 Å². The van der Waals surface area contributed by atoms with Crippen LogP contribution in [0.25, 0.3) is 0 Å². The van der Waals surface area contributed by atoms with Crippen LogP contribution in [0.3, 0.4) is 0 Å². The van der Waals surface area contributed by atoms with Gasteiger partial charge >= 0.3 is 12.1 Å². The zero-order valence-corrected chi connectivity index (χ0v) is 27.4. The number of carbonyl (C=O) groups is 5. The summed E-state index contributed by atoms with van der Waals surface area (Å²) in [4.78, 5) is 66.8. The Kier molecular flexibility index (Phi) is 15.9. The van der Waals surface area contributed by atoms with Gasteiger partial charge in [-0.1, -0.05) is 48.5 Å². The van der Waals surface area contributed by atoms with Gasteiger partial charge in [-0.3, -0.25) is 19.2 Å². The van der Waals surface area contributed by atoms with Crippen molar-refractivity contribution in [3.05, 3.63) is 17.3 Å². The number of nitrogens with zero attached hydrogens (tertiary/aromatic N) is 1. The molecule has 14 heteroatoms. The number of carbonyl (C=O) groups excluding carboxylic acids is 4. The van der Waals surface area contributed by atoms with Crippen LogP contribution in [0.5, 0.6) is 0 Å². The van der Waals surface area contributed by atoms with Crippen molar-refractivity contribution in [1.29, 1.82) is 0 Å². The summed E-state index contributed by atoms with van der Waals surface area (Å²) < 4.78 is 10.4. The van der Waals surface area contributed by atoms with E-state index in [-0.39, 0.29) is 36.7 Å². The van der Waals surface area contributed by atoms with Crippen LogP contribution in [0.2, 0.25) is 0 Å². The summed E-state index contributed by atoms with van der Waals surface area (Å²) in [5.41, 5.74) is 0.381. The fraction of sp³-hybridized carbons (Fsp3) is 0.733. The van der Waals surface area contributed by atoms with E-state index < -0.39 is 60.4 Å². The van der Waals surface area contributed by atoms with Crippen LogP contribution in [-0.2, 0) is 30.5 Å². The van der Waals surface area contributed by atoms with Gasteiger partial charge < -0.3 is 40.6 Å². The number of nitrogens with one attached hydrogen (secondary N) is 4. The Morgan fingerprint density at radius 2 is 1.50 bits per heavy atom. The van der Waals surface area contributed by atoms with Gasteiger partial charge in [-0.05, 0) is 37.5 Å². The van der Waals surface area contributed by atoms with Crippen molar-refractivity contribution in [2.45, 2.75) is 112 Å². The molecule has 0 saturated heterocycles. The van der Waals surface area contributed by atoms with Gasteiger partial charge in [-0.2, -0.15) is 0 Å². The van der Waals surface area contributed by atoms with Gasteiger partial charge in [-0.25, -0.2) is 9.78 Å². The second-order valence-corrected chi connectivity index (χ2v) is 12.4. The molecule has 0 aromatic carbocycles.